The van der Waals surface area contributed by atoms with Gasteiger partial charge in [-0.2, -0.15) is 5.10 Å². The Bertz CT molecular complexity index is 128. The van der Waals surface area contributed by atoms with Crippen LogP contribution in [0.4, 0.5) is 0 Å². The Balaban J connectivity index is 3.66. The van der Waals surface area contributed by atoms with Crippen LogP contribution in [0.15, 0.2) is 5.10 Å². The fourth-order valence-corrected chi connectivity index (χ4v) is 0.559. The van der Waals surface area contributed by atoms with Crippen molar-refractivity contribution in [3.63, 3.8) is 0 Å². The topological polar surface area (TPSA) is 24.4 Å². The summed E-state index contributed by atoms with van der Waals surface area (Å²) in [6, 6.07) is 0. The first-order valence-corrected chi connectivity index (χ1v) is 4.49. The lowest BCUT2D eigenvalue weighted by atomic mass is 9.93. The third kappa shape index (κ3) is 9.47. The lowest BCUT2D eigenvalue weighted by Crippen LogP contribution is -2.31. The van der Waals surface area contributed by atoms with Crippen LogP contribution in [0.25, 0.3) is 0 Å². The number of rotatable bonds is 2. The Morgan fingerprint density at radius 1 is 1.08 bits per heavy atom. The maximum Gasteiger partial charge on any atom is 0.0464 e. The Morgan fingerprint density at radius 2 is 1.58 bits per heavy atom. The van der Waals surface area contributed by atoms with Crippen molar-refractivity contribution < 1.29 is 0 Å². The van der Waals surface area contributed by atoms with E-state index in [1.165, 1.54) is 0 Å². The number of nitrogens with zero attached hydrogens (tertiary/aromatic N) is 1. The molecular weight excluding hydrogens is 148 g/mol. The summed E-state index contributed by atoms with van der Waals surface area (Å²) in [7, 11) is 0. The van der Waals surface area contributed by atoms with Gasteiger partial charge in [-0.05, 0) is 32.6 Å². The molecule has 1 N–H and O–H groups in total. The summed E-state index contributed by atoms with van der Waals surface area (Å²) in [6.45, 7) is 12.9. The first-order valence-electron chi connectivity index (χ1n) is 4.49. The van der Waals surface area contributed by atoms with Gasteiger partial charge in [0.1, 0.15) is 0 Å². The van der Waals surface area contributed by atoms with E-state index in [0.29, 0.717) is 5.41 Å². The van der Waals surface area contributed by atoms with Crippen molar-refractivity contribution in [1.82, 2.24) is 5.43 Å². The quantitative estimate of drug-likeness (QED) is 0.500. The zero-order valence-electron chi connectivity index (χ0n) is 9.23. The van der Waals surface area contributed by atoms with Crippen molar-refractivity contribution in [2.45, 2.75) is 53.5 Å². The lowest BCUT2D eigenvalue weighted by Gasteiger charge is -2.18. The molecule has 0 rings (SSSR count). The first-order chi connectivity index (χ1) is 5.21. The number of hydrogen-bond acceptors (Lipinski definition) is 2. The second-order valence-electron chi connectivity index (χ2n) is 5.44. The Morgan fingerprint density at radius 3 is 1.92 bits per heavy atom. The highest BCUT2D eigenvalue weighted by molar-refractivity contribution is 5.57. The maximum absolute atomic E-state index is 4.15. The van der Waals surface area contributed by atoms with Crippen LogP contribution in [0.2, 0.25) is 0 Å². The predicted octanol–water partition coefficient (Wildman–Crippen LogP) is 2.80. The normalized spacial score (nSPS) is 13.8. The van der Waals surface area contributed by atoms with Gasteiger partial charge in [-0.1, -0.05) is 20.8 Å². The third-order valence-electron chi connectivity index (χ3n) is 1.19. The van der Waals surface area contributed by atoms with Gasteiger partial charge >= 0.3 is 0 Å². The fourth-order valence-electron chi connectivity index (χ4n) is 0.559. The van der Waals surface area contributed by atoms with E-state index in [-0.39, 0.29) is 5.54 Å². The summed E-state index contributed by atoms with van der Waals surface area (Å²) in [6.07, 6.45) is 2.96. The monoisotopic (exact) mass is 170 g/mol. The molecule has 0 unspecified atom stereocenters. The molecule has 72 valence electrons. The van der Waals surface area contributed by atoms with Gasteiger partial charge in [-0.15, -0.1) is 0 Å². The molecule has 2 nitrogen and oxygen atoms in total. The smallest absolute Gasteiger partial charge is 0.0464 e. The summed E-state index contributed by atoms with van der Waals surface area (Å²) in [5, 5.41) is 4.15. The van der Waals surface area contributed by atoms with Crippen molar-refractivity contribution in [2.75, 3.05) is 0 Å². The summed E-state index contributed by atoms with van der Waals surface area (Å²) in [5.41, 5.74) is 3.48. The minimum absolute atomic E-state index is 0.0778. The van der Waals surface area contributed by atoms with Crippen LogP contribution < -0.4 is 5.43 Å². The third-order valence-corrected chi connectivity index (χ3v) is 1.19. The largest absolute Gasteiger partial charge is 0.305 e. The zero-order valence-corrected chi connectivity index (χ0v) is 9.23. The second kappa shape index (κ2) is 3.92. The van der Waals surface area contributed by atoms with Crippen molar-refractivity contribution in [3.05, 3.63) is 0 Å². The van der Waals surface area contributed by atoms with Gasteiger partial charge in [0, 0.05) is 11.8 Å². The highest BCUT2D eigenvalue weighted by Gasteiger charge is 2.08. The molecule has 0 saturated heterocycles. The van der Waals surface area contributed by atoms with Crippen LogP contribution in [0.3, 0.4) is 0 Å². The molecule has 0 spiro atoms. The Hall–Kier alpha value is -0.530. The van der Waals surface area contributed by atoms with E-state index < -0.39 is 0 Å². The average molecular weight is 170 g/mol. The van der Waals surface area contributed by atoms with Crippen LogP contribution in [0.1, 0.15) is 48.0 Å². The maximum atomic E-state index is 4.15. The average Bonchev–Trinajstić information content (AvgIpc) is 1.76. The summed E-state index contributed by atoms with van der Waals surface area (Å²) in [5.74, 6) is 0. The van der Waals surface area contributed by atoms with E-state index >= 15 is 0 Å². The van der Waals surface area contributed by atoms with Gasteiger partial charge in [0.25, 0.3) is 0 Å². The SMILES string of the molecule is CC(C)(C)CC=NNC(C)(C)C. The standard InChI is InChI=1S/C10H22N2/c1-9(2,3)7-8-11-12-10(4,5)6/h8,12H,7H2,1-6H3. The molecule has 12 heavy (non-hydrogen) atoms. The molecule has 0 amide bonds. The molecule has 0 radical (unpaired) electrons. The molecule has 0 aliphatic rings. The van der Waals surface area contributed by atoms with Gasteiger partial charge in [0.05, 0.1) is 0 Å². The zero-order chi connectivity index (χ0) is 9.83. The van der Waals surface area contributed by atoms with E-state index in [0.717, 1.165) is 6.42 Å². The van der Waals surface area contributed by atoms with Crippen LogP contribution in [-0.2, 0) is 0 Å². The van der Waals surface area contributed by atoms with Crippen molar-refractivity contribution in [3.8, 4) is 0 Å². The molecule has 2 heteroatoms. The van der Waals surface area contributed by atoms with Gasteiger partial charge in [0.2, 0.25) is 0 Å². The van der Waals surface area contributed by atoms with E-state index in [4.69, 9.17) is 0 Å². The van der Waals surface area contributed by atoms with Gasteiger partial charge in [-0.3, -0.25) is 0 Å². The van der Waals surface area contributed by atoms with Crippen LogP contribution in [0, 0.1) is 5.41 Å². The molecule has 0 atom stereocenters. The molecule has 0 aromatic carbocycles. The number of hydrogen-bond donors (Lipinski definition) is 1. The molecule has 0 bridgehead atoms. The highest BCUT2D eigenvalue weighted by atomic mass is 15.3. The van der Waals surface area contributed by atoms with Crippen LogP contribution >= 0.6 is 0 Å². The van der Waals surface area contributed by atoms with Gasteiger partial charge in [-0.25, -0.2) is 0 Å². The Kier molecular flexibility index (Phi) is 3.75. The summed E-state index contributed by atoms with van der Waals surface area (Å²) < 4.78 is 0. The fraction of sp³-hybridized carbons (Fsp3) is 0.900. The summed E-state index contributed by atoms with van der Waals surface area (Å²) in [4.78, 5) is 0. The van der Waals surface area contributed by atoms with Crippen LogP contribution in [0.5, 0.6) is 0 Å². The molecule has 0 aromatic heterocycles. The van der Waals surface area contributed by atoms with Crippen molar-refractivity contribution >= 4 is 6.21 Å². The molecular formula is C10H22N2. The minimum Gasteiger partial charge on any atom is -0.305 e. The minimum atomic E-state index is 0.0778. The second-order valence-corrected chi connectivity index (χ2v) is 5.44. The van der Waals surface area contributed by atoms with Crippen LogP contribution in [-0.4, -0.2) is 11.8 Å². The number of nitrogens with one attached hydrogen (secondary N) is 1. The van der Waals surface area contributed by atoms with E-state index in [2.05, 4.69) is 52.1 Å². The highest BCUT2D eigenvalue weighted by Crippen LogP contribution is 2.16. The number of hydrazone groups is 1. The summed E-state index contributed by atoms with van der Waals surface area (Å²) >= 11 is 0. The first kappa shape index (κ1) is 11.5. The van der Waals surface area contributed by atoms with Crippen molar-refractivity contribution in [1.29, 1.82) is 0 Å². The van der Waals surface area contributed by atoms with Gasteiger partial charge in [0.15, 0.2) is 0 Å². The van der Waals surface area contributed by atoms with E-state index in [1.807, 2.05) is 6.21 Å². The molecule has 0 aromatic rings. The van der Waals surface area contributed by atoms with Crippen molar-refractivity contribution in [2.24, 2.45) is 10.5 Å². The molecule has 0 saturated carbocycles. The molecule has 0 aliphatic heterocycles. The molecule has 0 fully saturated rings. The van der Waals surface area contributed by atoms with E-state index in [9.17, 15) is 0 Å². The van der Waals surface area contributed by atoms with E-state index in [1.54, 1.807) is 0 Å². The van der Waals surface area contributed by atoms with Gasteiger partial charge < -0.3 is 5.43 Å². The molecule has 0 aliphatic carbocycles. The Labute approximate surface area is 76.4 Å². The molecule has 0 heterocycles. The predicted molar refractivity (Wildman–Crippen MR) is 55.5 cm³/mol. The lowest BCUT2D eigenvalue weighted by molar-refractivity contribution is 0.423.